The van der Waals surface area contributed by atoms with E-state index in [2.05, 4.69) is 20.6 Å². The van der Waals surface area contributed by atoms with Gasteiger partial charge in [0.05, 0.1) is 6.21 Å². The predicted octanol–water partition coefficient (Wildman–Crippen LogP) is 0.386. The molecule has 0 aliphatic carbocycles. The van der Waals surface area contributed by atoms with Crippen LogP contribution in [-0.2, 0) is 0 Å². The molecule has 0 fully saturated rings. The van der Waals surface area contributed by atoms with Crippen molar-refractivity contribution in [2.45, 2.75) is 6.92 Å². The Labute approximate surface area is 73.5 Å². The van der Waals surface area contributed by atoms with Crippen LogP contribution in [0, 0.1) is 0 Å². The van der Waals surface area contributed by atoms with Gasteiger partial charge in [0.15, 0.2) is 0 Å². The lowest BCUT2D eigenvalue weighted by Gasteiger charge is -2.06. The highest BCUT2D eigenvalue weighted by molar-refractivity contribution is 5.81. The summed E-state index contributed by atoms with van der Waals surface area (Å²) in [6.07, 6.45) is 3.42. The number of rotatable bonds is 4. The van der Waals surface area contributed by atoms with E-state index in [1.54, 1.807) is 19.5 Å². The Kier molecular flexibility index (Phi) is 5.69. The first-order chi connectivity index (χ1) is 5.79. The Hall–Kier alpha value is -1.32. The molecule has 0 aliphatic rings. The molecule has 0 aliphatic heterocycles. The van der Waals surface area contributed by atoms with Crippen LogP contribution in [0.3, 0.4) is 0 Å². The first kappa shape index (κ1) is 10.7. The maximum Gasteiger partial charge on any atom is 0.126 e. The zero-order chi connectivity index (χ0) is 9.40. The SMILES string of the molecule is CC=NC(C=NC)=C(NC)NC. The minimum Gasteiger partial charge on any atom is -0.373 e. The highest BCUT2D eigenvalue weighted by Crippen LogP contribution is 1.95. The van der Waals surface area contributed by atoms with Crippen LogP contribution in [-0.4, -0.2) is 33.6 Å². The smallest absolute Gasteiger partial charge is 0.126 e. The molecule has 0 bridgehead atoms. The van der Waals surface area contributed by atoms with Gasteiger partial charge in [-0.15, -0.1) is 0 Å². The van der Waals surface area contributed by atoms with Crippen molar-refractivity contribution in [1.82, 2.24) is 10.6 Å². The quantitative estimate of drug-likeness (QED) is 0.596. The molecule has 12 heavy (non-hydrogen) atoms. The fourth-order valence-electron chi connectivity index (χ4n) is 0.805. The van der Waals surface area contributed by atoms with Crippen molar-refractivity contribution in [3.8, 4) is 0 Å². The van der Waals surface area contributed by atoms with Crippen molar-refractivity contribution >= 4 is 12.4 Å². The maximum absolute atomic E-state index is 4.14. The second kappa shape index (κ2) is 6.39. The normalized spacial score (nSPS) is 10.7. The van der Waals surface area contributed by atoms with Gasteiger partial charge in [-0.25, -0.2) is 0 Å². The van der Waals surface area contributed by atoms with Gasteiger partial charge in [0.25, 0.3) is 0 Å². The summed E-state index contributed by atoms with van der Waals surface area (Å²) in [5, 5.41) is 5.97. The van der Waals surface area contributed by atoms with Crippen molar-refractivity contribution in [2.75, 3.05) is 21.1 Å². The van der Waals surface area contributed by atoms with Crippen LogP contribution >= 0.6 is 0 Å². The van der Waals surface area contributed by atoms with Crippen molar-refractivity contribution in [3.05, 3.63) is 11.5 Å². The van der Waals surface area contributed by atoms with Gasteiger partial charge in [0.2, 0.25) is 0 Å². The Morgan fingerprint density at radius 3 is 2.17 bits per heavy atom. The standard InChI is InChI=1S/C8H16N4/c1-5-12-7(6-9-2)8(10-3)11-4/h5-6,10-11H,1-4H3. The van der Waals surface area contributed by atoms with E-state index in [0.717, 1.165) is 11.5 Å². The largest absolute Gasteiger partial charge is 0.373 e. The van der Waals surface area contributed by atoms with E-state index >= 15 is 0 Å². The average Bonchev–Trinajstić information content (AvgIpc) is 2.07. The molecule has 0 amide bonds. The highest BCUT2D eigenvalue weighted by Gasteiger charge is 1.96. The monoisotopic (exact) mass is 168 g/mol. The lowest BCUT2D eigenvalue weighted by molar-refractivity contribution is 0.823. The van der Waals surface area contributed by atoms with Gasteiger partial charge in [-0.1, -0.05) is 0 Å². The van der Waals surface area contributed by atoms with Crippen LogP contribution in [0.5, 0.6) is 0 Å². The minimum absolute atomic E-state index is 0.796. The number of aliphatic imine (C=N–C) groups is 2. The Morgan fingerprint density at radius 2 is 1.83 bits per heavy atom. The lowest BCUT2D eigenvalue weighted by Crippen LogP contribution is -2.21. The van der Waals surface area contributed by atoms with Gasteiger partial charge < -0.3 is 10.6 Å². The summed E-state index contributed by atoms with van der Waals surface area (Å²) in [6, 6.07) is 0. The molecule has 0 aromatic carbocycles. The third kappa shape index (κ3) is 3.18. The van der Waals surface area contributed by atoms with E-state index in [4.69, 9.17) is 0 Å². The third-order valence-corrected chi connectivity index (χ3v) is 1.28. The van der Waals surface area contributed by atoms with Gasteiger partial charge in [-0.2, -0.15) is 0 Å². The summed E-state index contributed by atoms with van der Waals surface area (Å²) in [4.78, 5) is 8.03. The van der Waals surface area contributed by atoms with Crippen molar-refractivity contribution in [1.29, 1.82) is 0 Å². The molecule has 0 spiro atoms. The van der Waals surface area contributed by atoms with E-state index < -0.39 is 0 Å². The maximum atomic E-state index is 4.14. The Balaban J connectivity index is 4.74. The zero-order valence-corrected chi connectivity index (χ0v) is 8.05. The summed E-state index contributed by atoms with van der Waals surface area (Å²) in [6.45, 7) is 1.87. The van der Waals surface area contributed by atoms with Gasteiger partial charge in [-0.05, 0) is 6.92 Å². The summed E-state index contributed by atoms with van der Waals surface area (Å²) in [5.41, 5.74) is 0.796. The first-order valence-electron chi connectivity index (χ1n) is 3.80. The zero-order valence-electron chi connectivity index (χ0n) is 8.05. The molecule has 0 rings (SSSR count). The van der Waals surface area contributed by atoms with Gasteiger partial charge >= 0.3 is 0 Å². The van der Waals surface area contributed by atoms with Gasteiger partial charge in [0.1, 0.15) is 11.5 Å². The molecule has 2 N–H and O–H groups in total. The molecular weight excluding hydrogens is 152 g/mol. The number of allylic oxidation sites excluding steroid dienone is 1. The van der Waals surface area contributed by atoms with Crippen molar-refractivity contribution < 1.29 is 0 Å². The van der Waals surface area contributed by atoms with E-state index in [9.17, 15) is 0 Å². The molecule has 0 saturated carbocycles. The summed E-state index contributed by atoms with van der Waals surface area (Å²) in [7, 11) is 5.38. The second-order valence-corrected chi connectivity index (χ2v) is 2.03. The molecule has 0 heterocycles. The first-order valence-corrected chi connectivity index (χ1v) is 3.80. The summed E-state index contributed by atoms with van der Waals surface area (Å²) >= 11 is 0. The Morgan fingerprint density at radius 1 is 1.25 bits per heavy atom. The summed E-state index contributed by atoms with van der Waals surface area (Å²) < 4.78 is 0. The molecule has 0 radical (unpaired) electrons. The van der Waals surface area contributed by atoms with E-state index in [1.165, 1.54) is 0 Å². The second-order valence-electron chi connectivity index (χ2n) is 2.03. The lowest BCUT2D eigenvalue weighted by atomic mass is 10.4. The van der Waals surface area contributed by atoms with Crippen LogP contribution in [0.2, 0.25) is 0 Å². The van der Waals surface area contributed by atoms with Crippen LogP contribution in [0.1, 0.15) is 6.92 Å². The van der Waals surface area contributed by atoms with Crippen LogP contribution in [0.15, 0.2) is 21.5 Å². The molecule has 0 aromatic heterocycles. The fraction of sp³-hybridized carbons (Fsp3) is 0.500. The summed E-state index contributed by atoms with van der Waals surface area (Å²) in [5.74, 6) is 0.860. The van der Waals surface area contributed by atoms with E-state index in [-0.39, 0.29) is 0 Å². The van der Waals surface area contributed by atoms with E-state index in [1.807, 2.05) is 21.0 Å². The number of hydrogen-bond acceptors (Lipinski definition) is 4. The molecule has 68 valence electrons. The van der Waals surface area contributed by atoms with Crippen LogP contribution in [0.25, 0.3) is 0 Å². The molecule has 4 heteroatoms. The van der Waals surface area contributed by atoms with E-state index in [0.29, 0.717) is 0 Å². The van der Waals surface area contributed by atoms with Crippen LogP contribution < -0.4 is 10.6 Å². The van der Waals surface area contributed by atoms with Gasteiger partial charge in [0, 0.05) is 27.4 Å². The minimum atomic E-state index is 0.796. The number of nitrogens with zero attached hydrogens (tertiary/aromatic N) is 2. The molecule has 0 atom stereocenters. The molecule has 0 aromatic rings. The Bertz CT molecular complexity index is 183. The average molecular weight is 168 g/mol. The molecule has 0 unspecified atom stereocenters. The van der Waals surface area contributed by atoms with Crippen molar-refractivity contribution in [2.24, 2.45) is 9.98 Å². The molecular formula is C8H16N4. The van der Waals surface area contributed by atoms with Crippen LogP contribution in [0.4, 0.5) is 0 Å². The number of hydrogen-bond donors (Lipinski definition) is 2. The number of nitrogens with one attached hydrogen (secondary N) is 2. The third-order valence-electron chi connectivity index (χ3n) is 1.28. The predicted molar refractivity (Wildman–Crippen MR) is 53.7 cm³/mol. The van der Waals surface area contributed by atoms with Crippen molar-refractivity contribution in [3.63, 3.8) is 0 Å². The molecule has 0 saturated heterocycles. The molecule has 4 nitrogen and oxygen atoms in total. The fourth-order valence-corrected chi connectivity index (χ4v) is 0.805. The highest BCUT2D eigenvalue weighted by atomic mass is 15.1. The topological polar surface area (TPSA) is 48.8 Å². The van der Waals surface area contributed by atoms with Gasteiger partial charge in [-0.3, -0.25) is 9.98 Å².